The predicted molar refractivity (Wildman–Crippen MR) is 128 cm³/mol. The SMILES string of the molecule is CCOC(=O)c1sc(NC(=O)CN2CCN(Cc3ccccc3)CC2)c(C(=O)OCC)c1C. The van der Waals surface area contributed by atoms with Gasteiger partial charge in [0.15, 0.2) is 0 Å². The molecule has 8 nitrogen and oxygen atoms in total. The van der Waals surface area contributed by atoms with Crippen molar-refractivity contribution in [3.05, 3.63) is 51.9 Å². The zero-order valence-corrected chi connectivity index (χ0v) is 20.2. The fourth-order valence-electron chi connectivity index (χ4n) is 3.76. The quantitative estimate of drug-likeness (QED) is 0.560. The molecule has 0 unspecified atom stereocenters. The van der Waals surface area contributed by atoms with Crippen LogP contribution in [0.4, 0.5) is 5.00 Å². The average Bonchev–Trinajstić information content (AvgIpc) is 3.12. The molecule has 0 aliphatic carbocycles. The van der Waals surface area contributed by atoms with Crippen LogP contribution in [0.2, 0.25) is 0 Å². The van der Waals surface area contributed by atoms with Gasteiger partial charge < -0.3 is 14.8 Å². The minimum Gasteiger partial charge on any atom is -0.462 e. The van der Waals surface area contributed by atoms with Crippen LogP contribution in [0.15, 0.2) is 30.3 Å². The van der Waals surface area contributed by atoms with Gasteiger partial charge in [-0.2, -0.15) is 0 Å². The lowest BCUT2D eigenvalue weighted by Crippen LogP contribution is -2.48. The molecule has 0 saturated carbocycles. The zero-order valence-electron chi connectivity index (χ0n) is 19.4. The number of ether oxygens (including phenoxy) is 2. The summed E-state index contributed by atoms with van der Waals surface area (Å²) >= 11 is 1.05. The number of thiophene rings is 1. The van der Waals surface area contributed by atoms with Gasteiger partial charge in [-0.3, -0.25) is 14.6 Å². The van der Waals surface area contributed by atoms with Crippen LogP contribution in [0.5, 0.6) is 0 Å². The van der Waals surface area contributed by atoms with Crippen LogP contribution in [-0.4, -0.2) is 73.6 Å². The van der Waals surface area contributed by atoms with Gasteiger partial charge in [-0.1, -0.05) is 30.3 Å². The van der Waals surface area contributed by atoms with E-state index in [0.29, 0.717) is 15.4 Å². The fraction of sp³-hybridized carbons (Fsp3) is 0.458. The fourth-order valence-corrected chi connectivity index (χ4v) is 4.86. The number of nitrogens with one attached hydrogen (secondary N) is 1. The van der Waals surface area contributed by atoms with Gasteiger partial charge >= 0.3 is 11.9 Å². The predicted octanol–water partition coefficient (Wildman–Crippen LogP) is 3.17. The van der Waals surface area contributed by atoms with Crippen LogP contribution in [0.3, 0.4) is 0 Å². The number of anilines is 1. The van der Waals surface area contributed by atoms with E-state index in [9.17, 15) is 14.4 Å². The van der Waals surface area contributed by atoms with E-state index in [1.165, 1.54) is 5.56 Å². The normalized spacial score (nSPS) is 14.6. The van der Waals surface area contributed by atoms with Gasteiger partial charge in [0.1, 0.15) is 9.88 Å². The first-order valence-corrected chi connectivity index (χ1v) is 12.0. The summed E-state index contributed by atoms with van der Waals surface area (Å²) < 4.78 is 10.2. The second-order valence-electron chi connectivity index (χ2n) is 7.79. The van der Waals surface area contributed by atoms with Gasteiger partial charge in [0.25, 0.3) is 0 Å². The molecule has 3 rings (SSSR count). The Bertz CT molecular complexity index is 968. The number of nitrogens with zero attached hydrogens (tertiary/aromatic N) is 2. The molecule has 1 N–H and O–H groups in total. The molecule has 1 fully saturated rings. The molecule has 1 aromatic carbocycles. The molecule has 0 atom stereocenters. The maximum Gasteiger partial charge on any atom is 0.348 e. The number of hydrogen-bond donors (Lipinski definition) is 1. The van der Waals surface area contributed by atoms with Crippen molar-refractivity contribution in [2.75, 3.05) is 51.3 Å². The summed E-state index contributed by atoms with van der Waals surface area (Å²) in [5.41, 5.74) is 1.95. The molecule has 1 aliphatic rings. The van der Waals surface area contributed by atoms with E-state index in [1.807, 2.05) is 18.2 Å². The molecule has 9 heteroatoms. The first kappa shape index (κ1) is 24.9. The summed E-state index contributed by atoms with van der Waals surface area (Å²) in [7, 11) is 0. The first-order chi connectivity index (χ1) is 15.9. The van der Waals surface area contributed by atoms with Gasteiger partial charge in [0.2, 0.25) is 5.91 Å². The highest BCUT2D eigenvalue weighted by molar-refractivity contribution is 7.18. The van der Waals surface area contributed by atoms with Crippen molar-refractivity contribution in [1.82, 2.24) is 9.80 Å². The zero-order chi connectivity index (χ0) is 23.8. The van der Waals surface area contributed by atoms with Crippen molar-refractivity contribution in [1.29, 1.82) is 0 Å². The summed E-state index contributed by atoms with van der Waals surface area (Å²) in [6.45, 7) is 9.94. The largest absolute Gasteiger partial charge is 0.462 e. The number of carbonyl (C=O) groups is 3. The molecule has 178 valence electrons. The van der Waals surface area contributed by atoms with Crippen molar-refractivity contribution in [3.8, 4) is 0 Å². The monoisotopic (exact) mass is 473 g/mol. The van der Waals surface area contributed by atoms with E-state index < -0.39 is 11.9 Å². The topological polar surface area (TPSA) is 88.2 Å². The molecule has 2 heterocycles. The van der Waals surface area contributed by atoms with E-state index in [4.69, 9.17) is 9.47 Å². The third kappa shape index (κ3) is 6.63. The lowest BCUT2D eigenvalue weighted by Gasteiger charge is -2.34. The first-order valence-electron chi connectivity index (χ1n) is 11.2. The van der Waals surface area contributed by atoms with Crippen molar-refractivity contribution in [2.45, 2.75) is 27.3 Å². The van der Waals surface area contributed by atoms with E-state index in [2.05, 4.69) is 27.2 Å². The molecule has 0 bridgehead atoms. The number of rotatable bonds is 9. The molecule has 0 spiro atoms. The summed E-state index contributed by atoms with van der Waals surface area (Å²) in [6, 6.07) is 10.3. The molecule has 33 heavy (non-hydrogen) atoms. The highest BCUT2D eigenvalue weighted by Crippen LogP contribution is 2.34. The Balaban J connectivity index is 1.61. The number of carbonyl (C=O) groups excluding carboxylic acids is 3. The van der Waals surface area contributed by atoms with Crippen LogP contribution in [0.25, 0.3) is 0 Å². The number of piperazine rings is 1. The molecule has 1 aliphatic heterocycles. The van der Waals surface area contributed by atoms with E-state index in [0.717, 1.165) is 44.1 Å². The Hall–Kier alpha value is -2.75. The number of benzene rings is 1. The Morgan fingerprint density at radius 3 is 2.18 bits per heavy atom. The van der Waals surface area contributed by atoms with Crippen molar-refractivity contribution in [2.24, 2.45) is 0 Å². The average molecular weight is 474 g/mol. The lowest BCUT2D eigenvalue weighted by molar-refractivity contribution is -0.117. The van der Waals surface area contributed by atoms with E-state index >= 15 is 0 Å². The van der Waals surface area contributed by atoms with E-state index in [1.54, 1.807) is 20.8 Å². The number of hydrogen-bond acceptors (Lipinski definition) is 8. The third-order valence-electron chi connectivity index (χ3n) is 5.42. The number of esters is 2. The van der Waals surface area contributed by atoms with Crippen LogP contribution in [0, 0.1) is 6.92 Å². The summed E-state index contributed by atoms with van der Waals surface area (Å²) in [6.07, 6.45) is 0. The summed E-state index contributed by atoms with van der Waals surface area (Å²) in [4.78, 5) is 42.3. The van der Waals surface area contributed by atoms with Gasteiger partial charge in [0, 0.05) is 32.7 Å². The molecule has 1 amide bonds. The minimum atomic E-state index is -0.563. The maximum atomic E-state index is 12.8. The lowest BCUT2D eigenvalue weighted by atomic mass is 10.1. The van der Waals surface area contributed by atoms with Gasteiger partial charge in [-0.15, -0.1) is 11.3 Å². The van der Waals surface area contributed by atoms with Crippen LogP contribution in [-0.2, 0) is 20.8 Å². The van der Waals surface area contributed by atoms with Crippen LogP contribution in [0.1, 0.15) is 45.0 Å². The molecule has 0 radical (unpaired) electrons. The molecule has 1 saturated heterocycles. The molecular formula is C24H31N3O5S. The smallest absolute Gasteiger partial charge is 0.348 e. The van der Waals surface area contributed by atoms with Crippen LogP contribution >= 0.6 is 11.3 Å². The van der Waals surface area contributed by atoms with Crippen molar-refractivity contribution >= 4 is 34.2 Å². The van der Waals surface area contributed by atoms with Gasteiger partial charge in [0.05, 0.1) is 25.3 Å². The second-order valence-corrected chi connectivity index (χ2v) is 8.81. The summed E-state index contributed by atoms with van der Waals surface area (Å²) in [5, 5.41) is 3.14. The second kappa shape index (κ2) is 11.9. The summed E-state index contributed by atoms with van der Waals surface area (Å²) in [5.74, 6) is -1.30. The highest BCUT2D eigenvalue weighted by atomic mass is 32.1. The van der Waals surface area contributed by atoms with Gasteiger partial charge in [-0.05, 0) is 31.9 Å². The van der Waals surface area contributed by atoms with Crippen molar-refractivity contribution in [3.63, 3.8) is 0 Å². The molecule has 1 aromatic heterocycles. The molecule has 2 aromatic rings. The third-order valence-corrected chi connectivity index (χ3v) is 6.61. The number of amides is 1. The van der Waals surface area contributed by atoms with Crippen molar-refractivity contribution < 1.29 is 23.9 Å². The Kier molecular flexibility index (Phi) is 8.99. The van der Waals surface area contributed by atoms with Gasteiger partial charge in [-0.25, -0.2) is 9.59 Å². The Labute approximate surface area is 198 Å². The standard InChI is InChI=1S/C24H31N3O5S/c1-4-31-23(29)20-17(3)21(24(30)32-5-2)33-22(20)25-19(28)16-27-13-11-26(12-14-27)15-18-9-7-6-8-10-18/h6-10H,4-5,11-16H2,1-3H3,(H,25,28). The van der Waals surface area contributed by atoms with E-state index in [-0.39, 0.29) is 31.2 Å². The highest BCUT2D eigenvalue weighted by Gasteiger charge is 2.28. The Morgan fingerprint density at radius 1 is 0.939 bits per heavy atom. The minimum absolute atomic E-state index is 0.198. The molecular weight excluding hydrogens is 442 g/mol. The Morgan fingerprint density at radius 2 is 1.55 bits per heavy atom. The van der Waals surface area contributed by atoms with Crippen LogP contribution < -0.4 is 5.32 Å². The maximum absolute atomic E-state index is 12.8.